The number of nitrogens with one attached hydrogen (secondary N) is 1. The molecule has 0 atom stereocenters. The summed E-state index contributed by atoms with van der Waals surface area (Å²) in [7, 11) is -1.16. The van der Waals surface area contributed by atoms with E-state index in [4.69, 9.17) is 4.84 Å². The van der Waals surface area contributed by atoms with Gasteiger partial charge in [0.15, 0.2) is 0 Å². The number of sulfone groups is 1. The molecule has 23 heavy (non-hydrogen) atoms. The quantitative estimate of drug-likeness (QED) is 0.193. The highest BCUT2D eigenvalue weighted by Crippen LogP contribution is 2.05. The monoisotopic (exact) mass is 345 g/mol. The molecule has 6 nitrogen and oxygen atoms in total. The van der Waals surface area contributed by atoms with E-state index >= 15 is 0 Å². The van der Waals surface area contributed by atoms with Crippen LogP contribution < -0.4 is 5.32 Å². The fraction of sp³-hybridized carbons (Fsp3) is 0.688. The molecule has 0 unspecified atom stereocenters. The van der Waals surface area contributed by atoms with Crippen molar-refractivity contribution < 1.29 is 13.3 Å². The van der Waals surface area contributed by atoms with Crippen LogP contribution in [0.3, 0.4) is 0 Å². The fourth-order valence-corrected chi connectivity index (χ4v) is 2.24. The molecule has 0 saturated heterocycles. The predicted molar refractivity (Wildman–Crippen MR) is 97.0 cm³/mol. The van der Waals surface area contributed by atoms with Gasteiger partial charge in [-0.05, 0) is 25.3 Å². The van der Waals surface area contributed by atoms with Crippen molar-refractivity contribution in [2.24, 2.45) is 4.99 Å². The van der Waals surface area contributed by atoms with E-state index in [0.29, 0.717) is 13.1 Å². The second kappa shape index (κ2) is 12.1. The zero-order valence-electron chi connectivity index (χ0n) is 15.0. The Balaban J connectivity index is 4.44. The van der Waals surface area contributed by atoms with Crippen LogP contribution in [-0.2, 0) is 14.7 Å². The Morgan fingerprint density at radius 3 is 2.39 bits per heavy atom. The van der Waals surface area contributed by atoms with Crippen LogP contribution in [0.1, 0.15) is 40.0 Å². The molecule has 0 saturated carbocycles. The number of rotatable bonds is 12. The Bertz CT molecular complexity index is 511. The molecule has 134 valence electrons. The maximum Gasteiger partial charge on any atom is 0.148 e. The van der Waals surface area contributed by atoms with Crippen LogP contribution in [-0.4, -0.2) is 52.0 Å². The molecule has 0 bridgehead atoms. The Morgan fingerprint density at radius 1 is 1.22 bits per heavy atom. The minimum atomic E-state index is -2.94. The Labute approximate surface area is 141 Å². The smallest absolute Gasteiger partial charge is 0.148 e. The Hall–Kier alpha value is -1.34. The van der Waals surface area contributed by atoms with Crippen molar-refractivity contribution in [1.29, 1.82) is 0 Å². The second-order valence-electron chi connectivity index (χ2n) is 5.22. The maximum atomic E-state index is 11.1. The van der Waals surface area contributed by atoms with Crippen LogP contribution in [0, 0.1) is 0 Å². The summed E-state index contributed by atoms with van der Waals surface area (Å²) in [6.45, 7) is 7.05. The highest BCUT2D eigenvalue weighted by molar-refractivity contribution is 7.90. The van der Waals surface area contributed by atoms with Gasteiger partial charge in [0.2, 0.25) is 0 Å². The average molecular weight is 346 g/mol. The van der Waals surface area contributed by atoms with Crippen molar-refractivity contribution in [2.45, 2.75) is 40.0 Å². The first kappa shape index (κ1) is 21.7. The van der Waals surface area contributed by atoms with Gasteiger partial charge in [0.05, 0.1) is 12.3 Å². The van der Waals surface area contributed by atoms with Gasteiger partial charge < -0.3 is 10.2 Å². The summed E-state index contributed by atoms with van der Waals surface area (Å²) in [5.41, 5.74) is 1.02. The third-order valence-corrected chi connectivity index (χ3v) is 3.78. The Morgan fingerprint density at radius 2 is 1.87 bits per heavy atom. The molecule has 1 N–H and O–H groups in total. The van der Waals surface area contributed by atoms with Gasteiger partial charge in [-0.15, -0.1) is 0 Å². The molecule has 0 aliphatic rings. The molecular weight excluding hydrogens is 314 g/mol. The largest absolute Gasteiger partial charge is 0.382 e. The van der Waals surface area contributed by atoms with Crippen LogP contribution in [0.4, 0.5) is 0 Å². The summed E-state index contributed by atoms with van der Waals surface area (Å²) in [5, 5.41) is 4.63. The number of nitrogens with zero attached hydrogens (tertiary/aromatic N) is 2. The zero-order chi connectivity index (χ0) is 17.7. The zero-order valence-corrected chi connectivity index (χ0v) is 15.8. The lowest BCUT2D eigenvalue weighted by Crippen LogP contribution is -2.27. The highest BCUT2D eigenvalue weighted by Gasteiger charge is 2.04. The lowest BCUT2D eigenvalue weighted by molar-refractivity contribution is -0.0263. The topological polar surface area (TPSA) is 71.0 Å². The molecule has 0 spiro atoms. The minimum Gasteiger partial charge on any atom is -0.382 e. The molecule has 0 aromatic rings. The third-order valence-electron chi connectivity index (χ3n) is 2.83. The minimum absolute atomic E-state index is 0.116. The number of aliphatic imine (C=N–C) groups is 1. The van der Waals surface area contributed by atoms with Crippen LogP contribution in [0.15, 0.2) is 28.6 Å². The molecule has 0 aliphatic carbocycles. The van der Waals surface area contributed by atoms with Gasteiger partial charge >= 0.3 is 0 Å². The van der Waals surface area contributed by atoms with Crippen molar-refractivity contribution in [2.75, 3.05) is 32.1 Å². The molecule has 0 amide bonds. The van der Waals surface area contributed by atoms with Gasteiger partial charge in [0, 0.05) is 25.5 Å². The van der Waals surface area contributed by atoms with Crippen molar-refractivity contribution in [3.8, 4) is 0 Å². The second-order valence-corrected chi connectivity index (χ2v) is 7.48. The standard InChI is InChI=1S/C16H31N3O3S/c1-6-9-15(8-3)18-14-19(4)22-16(10-7-2)13-17-11-12-23(5,20)21/h9-10,14,17H,6-8,11-13H2,1-5H3/b15-9+,16-10-,18-14-. The van der Waals surface area contributed by atoms with E-state index < -0.39 is 9.84 Å². The first-order chi connectivity index (χ1) is 10.8. The molecule has 0 rings (SSSR count). The van der Waals surface area contributed by atoms with Gasteiger partial charge in [0.1, 0.15) is 21.9 Å². The Kier molecular flexibility index (Phi) is 11.4. The molecule has 0 aliphatic heterocycles. The van der Waals surface area contributed by atoms with Crippen molar-refractivity contribution in [1.82, 2.24) is 10.4 Å². The molecule has 0 aromatic heterocycles. The maximum absolute atomic E-state index is 11.1. The van der Waals surface area contributed by atoms with E-state index in [2.05, 4.69) is 30.2 Å². The van der Waals surface area contributed by atoms with Gasteiger partial charge in [-0.1, -0.05) is 26.8 Å². The normalized spacial score (nSPS) is 13.6. The summed E-state index contributed by atoms with van der Waals surface area (Å²) >= 11 is 0. The summed E-state index contributed by atoms with van der Waals surface area (Å²) in [5.74, 6) is 0.859. The number of allylic oxidation sites excluding steroid dienone is 3. The van der Waals surface area contributed by atoms with Gasteiger partial charge in [-0.2, -0.15) is 0 Å². The predicted octanol–water partition coefficient (Wildman–Crippen LogP) is 2.51. The van der Waals surface area contributed by atoms with E-state index in [0.717, 1.165) is 30.7 Å². The molecule has 0 heterocycles. The molecular formula is C16H31N3O3S. The van der Waals surface area contributed by atoms with E-state index in [1.165, 1.54) is 6.26 Å². The molecule has 0 radical (unpaired) electrons. The molecule has 0 aromatic carbocycles. The lowest BCUT2D eigenvalue weighted by atomic mass is 10.3. The summed E-state index contributed by atoms with van der Waals surface area (Å²) in [6.07, 6.45) is 9.59. The number of hydroxylamine groups is 2. The summed E-state index contributed by atoms with van der Waals surface area (Å²) in [6, 6.07) is 0. The van der Waals surface area contributed by atoms with E-state index in [-0.39, 0.29) is 5.75 Å². The van der Waals surface area contributed by atoms with Crippen LogP contribution in [0.5, 0.6) is 0 Å². The first-order valence-corrected chi connectivity index (χ1v) is 10.1. The van der Waals surface area contributed by atoms with Crippen LogP contribution in [0.2, 0.25) is 0 Å². The van der Waals surface area contributed by atoms with E-state index in [1.807, 2.05) is 13.0 Å². The van der Waals surface area contributed by atoms with E-state index in [1.54, 1.807) is 18.4 Å². The van der Waals surface area contributed by atoms with Gasteiger partial charge in [-0.3, -0.25) is 0 Å². The fourth-order valence-electron chi connectivity index (χ4n) is 1.73. The summed E-state index contributed by atoms with van der Waals surface area (Å²) in [4.78, 5) is 10.1. The number of hydrogen-bond donors (Lipinski definition) is 1. The van der Waals surface area contributed by atoms with Crippen LogP contribution in [0.25, 0.3) is 0 Å². The van der Waals surface area contributed by atoms with Crippen molar-refractivity contribution >= 4 is 16.2 Å². The van der Waals surface area contributed by atoms with Crippen molar-refractivity contribution in [3.05, 3.63) is 23.6 Å². The molecule has 0 fully saturated rings. The van der Waals surface area contributed by atoms with Crippen molar-refractivity contribution in [3.63, 3.8) is 0 Å². The van der Waals surface area contributed by atoms with Crippen LogP contribution >= 0.6 is 0 Å². The lowest BCUT2D eigenvalue weighted by Gasteiger charge is -2.17. The first-order valence-electron chi connectivity index (χ1n) is 8.03. The average Bonchev–Trinajstić information content (AvgIpc) is 2.47. The van der Waals surface area contributed by atoms with Gasteiger partial charge in [-0.25, -0.2) is 18.5 Å². The van der Waals surface area contributed by atoms with Gasteiger partial charge in [0.25, 0.3) is 0 Å². The van der Waals surface area contributed by atoms with E-state index in [9.17, 15) is 8.42 Å². The molecule has 7 heteroatoms. The third kappa shape index (κ3) is 12.9. The number of hydrogen-bond acceptors (Lipinski definition) is 5. The SMILES string of the molecule is CC/C=C(/CNCCS(C)(=O)=O)ON(C)/C=N\C(=C\CC)CC. The summed E-state index contributed by atoms with van der Waals surface area (Å²) < 4.78 is 22.2. The highest BCUT2D eigenvalue weighted by atomic mass is 32.2.